The van der Waals surface area contributed by atoms with Crippen LogP contribution in [0.1, 0.15) is 271 Å². The second kappa shape index (κ2) is 49.3. The Morgan fingerprint density at radius 3 is 0.983 bits per heavy atom. The summed E-state index contributed by atoms with van der Waals surface area (Å²) in [6, 6.07) is 0. The van der Waals surface area contributed by atoms with E-state index in [1.54, 1.807) is 0 Å². The van der Waals surface area contributed by atoms with Gasteiger partial charge in [-0.2, -0.15) is 0 Å². The molecule has 0 spiro atoms. The molecule has 0 aliphatic carbocycles. The fraction of sp³-hybridized carbons (Fsp3) is 0.833. The minimum atomic E-state index is -0.781. The number of esters is 3. The van der Waals surface area contributed by atoms with Crippen molar-refractivity contribution in [3.63, 3.8) is 0 Å². The van der Waals surface area contributed by atoms with Crippen molar-refractivity contribution in [3.05, 3.63) is 36.5 Å². The molecule has 0 saturated carbocycles. The van der Waals surface area contributed by atoms with Crippen LogP contribution in [-0.4, -0.2) is 37.2 Å². The van der Waals surface area contributed by atoms with Crippen molar-refractivity contribution in [2.24, 2.45) is 0 Å². The molecule has 350 valence electrons. The third-order valence-corrected chi connectivity index (χ3v) is 11.4. The molecule has 0 aromatic carbocycles. The van der Waals surface area contributed by atoms with Crippen LogP contribution in [0, 0.1) is 0 Å². The molecule has 60 heavy (non-hydrogen) atoms. The van der Waals surface area contributed by atoms with E-state index >= 15 is 0 Å². The van der Waals surface area contributed by atoms with Crippen LogP contribution in [0.2, 0.25) is 0 Å². The summed E-state index contributed by atoms with van der Waals surface area (Å²) in [4.78, 5) is 37.9. The highest BCUT2D eigenvalue weighted by molar-refractivity contribution is 5.71. The molecule has 0 aromatic heterocycles. The van der Waals surface area contributed by atoms with Crippen LogP contribution in [0.3, 0.4) is 0 Å². The van der Waals surface area contributed by atoms with Gasteiger partial charge in [0.1, 0.15) is 13.2 Å². The summed E-state index contributed by atoms with van der Waals surface area (Å²) < 4.78 is 16.8. The molecule has 0 saturated heterocycles. The predicted octanol–water partition coefficient (Wildman–Crippen LogP) is 16.9. The Bertz CT molecular complexity index is 1020. The SMILES string of the molecule is CCCCC/C=C\CCCCCCCC(=O)OCC(COC(=O)CCCCC/C=C\C=C/CCCCCCCCC)OC(=O)CCCCCCCCCCCCCCCC. The van der Waals surface area contributed by atoms with E-state index in [1.165, 1.54) is 154 Å². The molecule has 0 fully saturated rings. The molecule has 1 unspecified atom stereocenters. The van der Waals surface area contributed by atoms with Crippen LogP contribution < -0.4 is 0 Å². The second-order valence-corrected chi connectivity index (χ2v) is 17.5. The molecule has 0 bridgehead atoms. The van der Waals surface area contributed by atoms with Gasteiger partial charge in [0.05, 0.1) is 0 Å². The number of carbonyl (C=O) groups is 3. The average molecular weight is 843 g/mol. The first-order chi connectivity index (χ1) is 29.5. The largest absolute Gasteiger partial charge is 0.462 e. The molecule has 0 aliphatic heterocycles. The van der Waals surface area contributed by atoms with E-state index < -0.39 is 6.10 Å². The topological polar surface area (TPSA) is 78.9 Å². The lowest BCUT2D eigenvalue weighted by Gasteiger charge is -2.18. The number of ether oxygens (including phenoxy) is 3. The maximum Gasteiger partial charge on any atom is 0.306 e. The number of hydrogen-bond donors (Lipinski definition) is 0. The Balaban J connectivity index is 4.40. The molecular weight excluding hydrogens is 745 g/mol. The maximum absolute atomic E-state index is 12.8. The van der Waals surface area contributed by atoms with Crippen molar-refractivity contribution in [3.8, 4) is 0 Å². The first-order valence-corrected chi connectivity index (χ1v) is 26.0. The van der Waals surface area contributed by atoms with Crippen LogP contribution in [0.15, 0.2) is 36.5 Å². The number of allylic oxidation sites excluding steroid dienone is 6. The van der Waals surface area contributed by atoms with E-state index in [2.05, 4.69) is 57.2 Å². The zero-order valence-corrected chi connectivity index (χ0v) is 40.0. The highest BCUT2D eigenvalue weighted by atomic mass is 16.6. The standard InChI is InChI=1S/C54H98O6/c1-4-7-10-13-16-19-22-25-27-28-30-32-35-38-41-44-47-53(56)59-50-51(49-58-52(55)46-43-40-37-34-31-24-21-18-15-12-9-6-3)60-54(57)48-45-42-39-36-33-29-26-23-20-17-14-11-8-5-2/h18,21,27-28,30,32,51H,4-17,19-20,22-26,29,31,33-50H2,1-3H3/b21-18-,28-27-,32-30-. The molecule has 0 rings (SSSR count). The Morgan fingerprint density at radius 2 is 0.600 bits per heavy atom. The van der Waals surface area contributed by atoms with Gasteiger partial charge in [0.25, 0.3) is 0 Å². The highest BCUT2D eigenvalue weighted by Crippen LogP contribution is 2.15. The summed E-state index contributed by atoms with van der Waals surface area (Å²) in [6.45, 7) is 6.60. The molecule has 0 aromatic rings. The fourth-order valence-corrected chi connectivity index (χ4v) is 7.43. The molecule has 0 N–H and O–H groups in total. The van der Waals surface area contributed by atoms with Gasteiger partial charge >= 0.3 is 17.9 Å². The van der Waals surface area contributed by atoms with Crippen LogP contribution in [0.5, 0.6) is 0 Å². The lowest BCUT2D eigenvalue weighted by molar-refractivity contribution is -0.167. The molecule has 0 amide bonds. The molecule has 0 radical (unpaired) electrons. The van der Waals surface area contributed by atoms with E-state index in [0.29, 0.717) is 19.3 Å². The minimum Gasteiger partial charge on any atom is -0.462 e. The summed E-state index contributed by atoms with van der Waals surface area (Å²) >= 11 is 0. The van der Waals surface area contributed by atoms with Gasteiger partial charge in [-0.1, -0.05) is 218 Å². The van der Waals surface area contributed by atoms with Gasteiger partial charge in [0, 0.05) is 19.3 Å². The quantitative estimate of drug-likeness (QED) is 0.0200. The Hall–Kier alpha value is -2.37. The minimum absolute atomic E-state index is 0.0823. The van der Waals surface area contributed by atoms with Crippen LogP contribution in [-0.2, 0) is 28.6 Å². The van der Waals surface area contributed by atoms with E-state index in [-0.39, 0.29) is 31.1 Å². The van der Waals surface area contributed by atoms with Crippen molar-refractivity contribution in [2.75, 3.05) is 13.2 Å². The third kappa shape index (κ3) is 46.7. The molecule has 6 heteroatoms. The smallest absolute Gasteiger partial charge is 0.306 e. The Morgan fingerprint density at radius 1 is 0.333 bits per heavy atom. The number of unbranched alkanes of at least 4 members (excludes halogenated alkanes) is 31. The van der Waals surface area contributed by atoms with Crippen molar-refractivity contribution < 1.29 is 28.6 Å². The molecular formula is C54H98O6. The summed E-state index contributed by atoms with van der Waals surface area (Å²) in [7, 11) is 0. The zero-order chi connectivity index (χ0) is 43.7. The first kappa shape index (κ1) is 57.6. The van der Waals surface area contributed by atoms with Gasteiger partial charge in [-0.15, -0.1) is 0 Å². The van der Waals surface area contributed by atoms with Crippen molar-refractivity contribution in [1.82, 2.24) is 0 Å². The van der Waals surface area contributed by atoms with Gasteiger partial charge in [-0.25, -0.2) is 0 Å². The summed E-state index contributed by atoms with van der Waals surface area (Å²) in [5, 5.41) is 0. The number of hydrogen-bond acceptors (Lipinski definition) is 6. The van der Waals surface area contributed by atoms with Gasteiger partial charge < -0.3 is 14.2 Å². The summed E-state index contributed by atoms with van der Waals surface area (Å²) in [6.07, 6.45) is 57.0. The average Bonchev–Trinajstić information content (AvgIpc) is 3.24. The lowest BCUT2D eigenvalue weighted by Crippen LogP contribution is -2.30. The van der Waals surface area contributed by atoms with Crippen LogP contribution in [0.4, 0.5) is 0 Å². The van der Waals surface area contributed by atoms with Crippen molar-refractivity contribution >= 4 is 17.9 Å². The molecule has 0 aliphatic rings. The van der Waals surface area contributed by atoms with E-state index in [1.807, 2.05) is 0 Å². The monoisotopic (exact) mass is 843 g/mol. The lowest BCUT2D eigenvalue weighted by atomic mass is 10.0. The predicted molar refractivity (Wildman–Crippen MR) is 256 cm³/mol. The second-order valence-electron chi connectivity index (χ2n) is 17.5. The van der Waals surface area contributed by atoms with Crippen molar-refractivity contribution in [2.45, 2.75) is 277 Å². The summed E-state index contributed by atoms with van der Waals surface area (Å²) in [5.41, 5.74) is 0. The zero-order valence-electron chi connectivity index (χ0n) is 40.0. The molecule has 6 nitrogen and oxygen atoms in total. The van der Waals surface area contributed by atoms with Gasteiger partial charge in [0.2, 0.25) is 0 Å². The maximum atomic E-state index is 12.8. The summed E-state index contributed by atoms with van der Waals surface area (Å²) in [5.74, 6) is -0.908. The normalized spacial score (nSPS) is 12.2. The molecule has 1 atom stereocenters. The highest BCUT2D eigenvalue weighted by Gasteiger charge is 2.19. The first-order valence-electron chi connectivity index (χ1n) is 26.0. The van der Waals surface area contributed by atoms with Gasteiger partial charge in [-0.05, 0) is 70.6 Å². The van der Waals surface area contributed by atoms with Crippen molar-refractivity contribution in [1.29, 1.82) is 0 Å². The van der Waals surface area contributed by atoms with Crippen LogP contribution in [0.25, 0.3) is 0 Å². The Kier molecular flexibility index (Phi) is 47.3. The van der Waals surface area contributed by atoms with E-state index in [9.17, 15) is 14.4 Å². The van der Waals surface area contributed by atoms with E-state index in [4.69, 9.17) is 14.2 Å². The Labute approximate surface area is 372 Å². The van der Waals surface area contributed by atoms with Crippen LogP contribution >= 0.6 is 0 Å². The fourth-order valence-electron chi connectivity index (χ4n) is 7.43. The third-order valence-electron chi connectivity index (χ3n) is 11.4. The van der Waals surface area contributed by atoms with Gasteiger partial charge in [0.15, 0.2) is 6.10 Å². The van der Waals surface area contributed by atoms with Gasteiger partial charge in [-0.3, -0.25) is 14.4 Å². The number of carbonyl (C=O) groups excluding carboxylic acids is 3. The van der Waals surface area contributed by atoms with E-state index in [0.717, 1.165) is 77.0 Å². The molecule has 0 heterocycles. The number of rotatable bonds is 47.